The van der Waals surface area contributed by atoms with Crippen LogP contribution < -0.4 is 16.4 Å². The van der Waals surface area contributed by atoms with E-state index in [1.165, 1.54) is 0 Å². The number of carbonyl (C=O) groups is 1. The Labute approximate surface area is 196 Å². The van der Waals surface area contributed by atoms with Crippen molar-refractivity contribution >= 4 is 40.6 Å². The summed E-state index contributed by atoms with van der Waals surface area (Å²) in [5.74, 6) is -3.01. The van der Waals surface area contributed by atoms with Crippen LogP contribution in [0.5, 0.6) is 0 Å². The van der Waals surface area contributed by atoms with Crippen LogP contribution in [0, 0.1) is 5.82 Å². The molecule has 0 aliphatic carbocycles. The molecule has 13 heteroatoms. The molecule has 4 rings (SSSR count). The van der Waals surface area contributed by atoms with E-state index in [0.717, 1.165) is 42.8 Å². The van der Waals surface area contributed by atoms with Gasteiger partial charge in [0.15, 0.2) is 11.5 Å². The van der Waals surface area contributed by atoms with E-state index >= 15 is 0 Å². The Balaban J connectivity index is 1.71. The Bertz CT molecular complexity index is 1270. The first-order valence-corrected chi connectivity index (χ1v) is 10.3. The number of amides is 1. The van der Waals surface area contributed by atoms with Gasteiger partial charge in [0.05, 0.1) is 22.0 Å². The lowest BCUT2D eigenvalue weighted by Crippen LogP contribution is -2.26. The maximum absolute atomic E-state index is 14.3. The van der Waals surface area contributed by atoms with Crippen LogP contribution in [0.25, 0.3) is 0 Å². The number of para-hydroxylation sites is 1. The minimum atomic E-state index is -4.87. The summed E-state index contributed by atoms with van der Waals surface area (Å²) in [7, 11) is 2.00. The molecule has 178 valence electrons. The molecule has 4 N–H and O–H groups in total. The van der Waals surface area contributed by atoms with Gasteiger partial charge in [0, 0.05) is 13.1 Å². The van der Waals surface area contributed by atoms with Gasteiger partial charge in [-0.3, -0.25) is 4.79 Å². The predicted molar refractivity (Wildman–Crippen MR) is 118 cm³/mol. The molecule has 2 aromatic carbocycles. The second kappa shape index (κ2) is 9.03. The zero-order valence-corrected chi connectivity index (χ0v) is 18.4. The number of alkyl halides is 3. The second-order valence-corrected chi connectivity index (χ2v) is 8.10. The average Bonchev–Trinajstić information content (AvgIpc) is 2.75. The second-order valence-electron chi connectivity index (χ2n) is 7.70. The van der Waals surface area contributed by atoms with E-state index in [4.69, 9.17) is 17.3 Å². The third-order valence-electron chi connectivity index (χ3n) is 5.22. The maximum Gasteiger partial charge on any atom is 0.418 e. The molecule has 34 heavy (non-hydrogen) atoms. The SMILES string of the molecule is CN1CCc2cc(Nc3nnc(C(N)=O)c(Nc4c(F)cccc4C(F)(F)F)n3)c(Cl)cc2C1. The Kier molecular flexibility index (Phi) is 6.28. The highest BCUT2D eigenvalue weighted by Crippen LogP contribution is 2.38. The van der Waals surface area contributed by atoms with Gasteiger partial charge in [-0.25, -0.2) is 4.39 Å². The molecule has 0 saturated carbocycles. The van der Waals surface area contributed by atoms with E-state index in [-0.39, 0.29) is 5.95 Å². The molecular formula is C21H18ClF4N7O. The molecule has 1 aliphatic rings. The number of hydrogen-bond acceptors (Lipinski definition) is 7. The molecular weight excluding hydrogens is 478 g/mol. The van der Waals surface area contributed by atoms with Gasteiger partial charge in [0.2, 0.25) is 5.95 Å². The van der Waals surface area contributed by atoms with Crippen molar-refractivity contribution < 1.29 is 22.4 Å². The number of rotatable bonds is 5. The van der Waals surface area contributed by atoms with Crippen molar-refractivity contribution in [1.29, 1.82) is 0 Å². The molecule has 0 bridgehead atoms. The average molecular weight is 496 g/mol. The van der Waals surface area contributed by atoms with Crippen molar-refractivity contribution in [2.75, 3.05) is 24.2 Å². The fraction of sp³-hybridized carbons (Fsp3) is 0.238. The molecule has 0 spiro atoms. The first-order chi connectivity index (χ1) is 16.0. The highest BCUT2D eigenvalue weighted by molar-refractivity contribution is 6.33. The summed E-state index contributed by atoms with van der Waals surface area (Å²) in [5, 5.41) is 12.8. The number of primary amides is 1. The molecule has 3 aromatic rings. The first-order valence-electron chi connectivity index (χ1n) is 9.97. The van der Waals surface area contributed by atoms with Crippen molar-refractivity contribution in [3.05, 3.63) is 63.6 Å². The minimum absolute atomic E-state index is 0.188. The summed E-state index contributed by atoms with van der Waals surface area (Å²) in [5.41, 5.74) is 5.03. The fourth-order valence-electron chi connectivity index (χ4n) is 3.57. The number of carbonyl (C=O) groups excluding carboxylic acids is 1. The molecule has 1 aromatic heterocycles. The van der Waals surface area contributed by atoms with Crippen LogP contribution in [-0.2, 0) is 19.1 Å². The number of nitrogens with zero attached hydrogens (tertiary/aromatic N) is 4. The van der Waals surface area contributed by atoms with E-state index in [9.17, 15) is 22.4 Å². The van der Waals surface area contributed by atoms with Gasteiger partial charge in [-0.1, -0.05) is 17.7 Å². The zero-order chi connectivity index (χ0) is 24.6. The van der Waals surface area contributed by atoms with Gasteiger partial charge < -0.3 is 21.3 Å². The van der Waals surface area contributed by atoms with E-state index in [1.807, 2.05) is 13.1 Å². The quantitative estimate of drug-likeness (QED) is 0.454. The van der Waals surface area contributed by atoms with Crippen LogP contribution in [0.4, 0.5) is 40.7 Å². The molecule has 0 saturated heterocycles. The third kappa shape index (κ3) is 4.87. The molecule has 0 atom stereocenters. The van der Waals surface area contributed by atoms with Crippen LogP contribution in [0.15, 0.2) is 30.3 Å². The van der Waals surface area contributed by atoms with Crippen molar-refractivity contribution in [3.63, 3.8) is 0 Å². The number of aromatic nitrogens is 3. The summed E-state index contributed by atoms with van der Waals surface area (Å²) >= 11 is 6.38. The largest absolute Gasteiger partial charge is 0.418 e. The van der Waals surface area contributed by atoms with Gasteiger partial charge in [-0.15, -0.1) is 10.2 Å². The fourth-order valence-corrected chi connectivity index (χ4v) is 3.81. The maximum atomic E-state index is 14.3. The lowest BCUT2D eigenvalue weighted by Gasteiger charge is -2.26. The molecule has 0 radical (unpaired) electrons. The van der Waals surface area contributed by atoms with Crippen molar-refractivity contribution in [2.45, 2.75) is 19.1 Å². The highest BCUT2D eigenvalue weighted by atomic mass is 35.5. The van der Waals surface area contributed by atoms with Crippen LogP contribution in [-0.4, -0.2) is 39.6 Å². The lowest BCUT2D eigenvalue weighted by atomic mass is 9.99. The molecule has 8 nitrogen and oxygen atoms in total. The Morgan fingerprint density at radius 1 is 1.18 bits per heavy atom. The Hall–Kier alpha value is -3.51. The van der Waals surface area contributed by atoms with Gasteiger partial charge in [-0.05, 0) is 48.9 Å². The van der Waals surface area contributed by atoms with E-state index in [1.54, 1.807) is 6.07 Å². The third-order valence-corrected chi connectivity index (χ3v) is 5.53. The van der Waals surface area contributed by atoms with Gasteiger partial charge in [-0.2, -0.15) is 18.2 Å². The number of anilines is 4. The lowest BCUT2D eigenvalue weighted by molar-refractivity contribution is -0.137. The zero-order valence-electron chi connectivity index (χ0n) is 17.7. The monoisotopic (exact) mass is 495 g/mol. The Morgan fingerprint density at radius 2 is 1.94 bits per heavy atom. The predicted octanol–water partition coefficient (Wildman–Crippen LogP) is 4.26. The number of nitrogens with one attached hydrogen (secondary N) is 2. The normalized spacial score (nSPS) is 13.9. The van der Waals surface area contributed by atoms with E-state index < -0.39 is 40.7 Å². The van der Waals surface area contributed by atoms with Gasteiger partial charge in [0.25, 0.3) is 5.91 Å². The molecule has 1 amide bonds. The summed E-state index contributed by atoms with van der Waals surface area (Å²) < 4.78 is 54.5. The van der Waals surface area contributed by atoms with Gasteiger partial charge in [0.1, 0.15) is 5.82 Å². The highest BCUT2D eigenvalue weighted by Gasteiger charge is 2.35. The topological polar surface area (TPSA) is 109 Å². The number of nitrogens with two attached hydrogens (primary N) is 1. The molecule has 1 aliphatic heterocycles. The van der Waals surface area contributed by atoms with Crippen molar-refractivity contribution in [2.24, 2.45) is 5.73 Å². The van der Waals surface area contributed by atoms with Gasteiger partial charge >= 0.3 is 6.18 Å². The number of hydrogen-bond donors (Lipinski definition) is 3. The molecule has 2 heterocycles. The minimum Gasteiger partial charge on any atom is -0.364 e. The van der Waals surface area contributed by atoms with Crippen molar-refractivity contribution in [1.82, 2.24) is 20.1 Å². The number of fused-ring (bicyclic) bond motifs is 1. The van der Waals surface area contributed by atoms with Crippen molar-refractivity contribution in [3.8, 4) is 0 Å². The van der Waals surface area contributed by atoms with Crippen LogP contribution >= 0.6 is 11.6 Å². The number of halogens is 5. The van der Waals surface area contributed by atoms with Crippen LogP contribution in [0.2, 0.25) is 5.02 Å². The summed E-state index contributed by atoms with van der Waals surface area (Å²) in [6.07, 6.45) is -4.08. The summed E-state index contributed by atoms with van der Waals surface area (Å²) in [6, 6.07) is 6.06. The smallest absolute Gasteiger partial charge is 0.364 e. The molecule has 0 fully saturated rings. The standard InChI is InChI=1S/C21H18ClF4N7O/c1-33-6-5-10-8-15(13(22)7-11(10)9-33)28-20-30-19(17(18(27)34)31-32-20)29-16-12(21(24,25)26)3-2-4-14(16)23/h2-4,7-8H,5-6,9H2,1H3,(H2,27,34)(H2,28,29,30,32). The van der Waals surface area contributed by atoms with Crippen LogP contribution in [0.1, 0.15) is 27.2 Å². The Morgan fingerprint density at radius 3 is 2.65 bits per heavy atom. The van der Waals surface area contributed by atoms with Crippen LogP contribution in [0.3, 0.4) is 0 Å². The number of likely N-dealkylation sites (N-methyl/N-ethyl adjacent to an activating group) is 1. The van der Waals surface area contributed by atoms with E-state index in [2.05, 4.69) is 30.7 Å². The summed E-state index contributed by atoms with van der Waals surface area (Å²) in [4.78, 5) is 17.9. The number of benzene rings is 2. The van der Waals surface area contributed by atoms with E-state index in [0.29, 0.717) is 16.8 Å². The summed E-state index contributed by atoms with van der Waals surface area (Å²) in [6.45, 7) is 1.59. The molecule has 0 unspecified atom stereocenters. The first kappa shape index (κ1) is 23.6.